The number of benzene rings is 3. The second-order valence-electron chi connectivity index (χ2n) is 10.5. The number of ether oxygens (including phenoxy) is 1. The van der Waals surface area contributed by atoms with E-state index in [4.69, 9.17) is 4.74 Å². The highest BCUT2D eigenvalue weighted by Gasteiger charge is 2.35. The molecule has 2 fully saturated rings. The number of hydrogen-bond acceptors (Lipinski definition) is 4. The van der Waals surface area contributed by atoms with Crippen LogP contribution in [-0.4, -0.2) is 60.1 Å². The molecule has 0 spiro atoms. The maximum absolute atomic E-state index is 14.5. The Bertz CT molecular complexity index is 1510. The molecular formula is C30H28F6N4O. The van der Waals surface area contributed by atoms with Gasteiger partial charge in [-0.25, -0.2) is 13.2 Å². The zero-order valence-corrected chi connectivity index (χ0v) is 22.1. The van der Waals surface area contributed by atoms with Crippen LogP contribution >= 0.6 is 0 Å². The van der Waals surface area contributed by atoms with Crippen LogP contribution in [0.1, 0.15) is 24.0 Å². The van der Waals surface area contributed by atoms with E-state index in [2.05, 4.69) is 14.9 Å². The van der Waals surface area contributed by atoms with Crippen molar-refractivity contribution >= 4 is 16.6 Å². The van der Waals surface area contributed by atoms with Crippen LogP contribution in [0.3, 0.4) is 0 Å². The van der Waals surface area contributed by atoms with Crippen molar-refractivity contribution < 1.29 is 31.1 Å². The Morgan fingerprint density at radius 2 is 1.51 bits per heavy atom. The van der Waals surface area contributed by atoms with E-state index >= 15 is 0 Å². The summed E-state index contributed by atoms with van der Waals surface area (Å²) in [5.41, 5.74) is 0.0421. The minimum atomic E-state index is -4.68. The largest absolute Gasteiger partial charge is 0.418 e. The summed E-state index contributed by atoms with van der Waals surface area (Å²) in [6.45, 7) is 4.65. The van der Waals surface area contributed by atoms with Gasteiger partial charge in [0.05, 0.1) is 31.0 Å². The monoisotopic (exact) mass is 574 g/mol. The van der Waals surface area contributed by atoms with E-state index in [1.165, 1.54) is 12.1 Å². The fourth-order valence-corrected chi connectivity index (χ4v) is 5.93. The fraction of sp³-hybridized carbons (Fsp3) is 0.367. The van der Waals surface area contributed by atoms with E-state index in [0.29, 0.717) is 23.7 Å². The number of morpholine rings is 1. The predicted molar refractivity (Wildman–Crippen MR) is 143 cm³/mol. The van der Waals surface area contributed by atoms with Crippen LogP contribution in [0.25, 0.3) is 22.2 Å². The van der Waals surface area contributed by atoms with Crippen molar-refractivity contribution in [1.82, 2.24) is 14.7 Å². The first kappa shape index (κ1) is 27.6. The third-order valence-corrected chi connectivity index (χ3v) is 8.02. The summed E-state index contributed by atoms with van der Waals surface area (Å²) < 4.78 is 90.7. The molecule has 0 atom stereocenters. The summed E-state index contributed by atoms with van der Waals surface area (Å²) in [7, 11) is 0. The molecule has 0 saturated carbocycles. The number of piperidine rings is 1. The van der Waals surface area contributed by atoms with E-state index in [0.717, 1.165) is 68.7 Å². The molecule has 1 aromatic heterocycles. The molecule has 0 radical (unpaired) electrons. The lowest BCUT2D eigenvalue weighted by Crippen LogP contribution is -2.49. The number of hydrogen-bond donors (Lipinski definition) is 0. The number of nitrogens with zero attached hydrogens (tertiary/aromatic N) is 4. The van der Waals surface area contributed by atoms with Gasteiger partial charge in [-0.15, -0.1) is 0 Å². The van der Waals surface area contributed by atoms with Gasteiger partial charge in [-0.2, -0.15) is 18.3 Å². The van der Waals surface area contributed by atoms with E-state index < -0.39 is 41.3 Å². The molecule has 3 heterocycles. The summed E-state index contributed by atoms with van der Waals surface area (Å²) in [5, 5.41) is 4.36. The average Bonchev–Trinajstić information content (AvgIpc) is 3.33. The summed E-state index contributed by atoms with van der Waals surface area (Å²) in [4.78, 5) is 4.76. The SMILES string of the molecule is Fc1cc(F)c(Cn2nc3c(C(F)(F)F)cccc3c2-c2ccc(N3CCC(N4CCOCC4)CC3)cc2)c(F)c1. The Hall–Kier alpha value is -3.57. The first-order valence-electron chi connectivity index (χ1n) is 13.6. The second kappa shape index (κ2) is 11.0. The molecule has 0 aliphatic carbocycles. The normalized spacial score (nSPS) is 17.5. The van der Waals surface area contributed by atoms with Crippen molar-refractivity contribution in [3.05, 3.63) is 83.2 Å². The molecular weight excluding hydrogens is 546 g/mol. The van der Waals surface area contributed by atoms with E-state index in [9.17, 15) is 26.3 Å². The molecule has 2 aliphatic rings. The van der Waals surface area contributed by atoms with Crippen LogP contribution in [-0.2, 0) is 17.5 Å². The third kappa shape index (κ3) is 5.52. The number of alkyl halides is 3. The molecule has 2 aliphatic heterocycles. The maximum atomic E-state index is 14.5. The first-order valence-corrected chi connectivity index (χ1v) is 13.6. The molecule has 11 heteroatoms. The summed E-state index contributed by atoms with van der Waals surface area (Å²) >= 11 is 0. The van der Waals surface area contributed by atoms with Crippen molar-refractivity contribution in [1.29, 1.82) is 0 Å². The van der Waals surface area contributed by atoms with Crippen LogP contribution in [0.5, 0.6) is 0 Å². The van der Waals surface area contributed by atoms with Gasteiger partial charge in [-0.05, 0) is 31.0 Å². The van der Waals surface area contributed by atoms with Gasteiger partial charge in [-0.1, -0.05) is 24.3 Å². The number of fused-ring (bicyclic) bond motifs is 1. The molecule has 0 bridgehead atoms. The van der Waals surface area contributed by atoms with Gasteiger partial charge in [0.25, 0.3) is 0 Å². The van der Waals surface area contributed by atoms with Crippen molar-refractivity contribution in [2.45, 2.75) is 31.6 Å². The maximum Gasteiger partial charge on any atom is 0.418 e. The fourth-order valence-electron chi connectivity index (χ4n) is 5.93. The summed E-state index contributed by atoms with van der Waals surface area (Å²) in [5.74, 6) is -3.36. The Labute approximate surface area is 232 Å². The molecule has 3 aromatic carbocycles. The Balaban J connectivity index is 1.33. The van der Waals surface area contributed by atoms with Crippen LogP contribution in [0.4, 0.5) is 32.0 Å². The van der Waals surface area contributed by atoms with Gasteiger partial charge in [-0.3, -0.25) is 9.58 Å². The summed E-state index contributed by atoms with van der Waals surface area (Å²) in [6, 6.07) is 12.7. The topological polar surface area (TPSA) is 33.5 Å². The third-order valence-electron chi connectivity index (χ3n) is 8.02. The molecule has 41 heavy (non-hydrogen) atoms. The van der Waals surface area contributed by atoms with E-state index in [1.807, 2.05) is 12.1 Å². The van der Waals surface area contributed by atoms with Crippen LogP contribution < -0.4 is 4.90 Å². The van der Waals surface area contributed by atoms with Gasteiger partial charge in [0.2, 0.25) is 0 Å². The number of aromatic nitrogens is 2. The van der Waals surface area contributed by atoms with Crippen LogP contribution in [0.2, 0.25) is 0 Å². The zero-order valence-electron chi connectivity index (χ0n) is 22.1. The van der Waals surface area contributed by atoms with Crippen LogP contribution in [0.15, 0.2) is 54.6 Å². The first-order chi connectivity index (χ1) is 19.7. The van der Waals surface area contributed by atoms with Crippen molar-refractivity contribution in [2.24, 2.45) is 0 Å². The molecule has 0 N–H and O–H groups in total. The van der Waals surface area contributed by atoms with Crippen molar-refractivity contribution in [3.63, 3.8) is 0 Å². The van der Waals surface area contributed by atoms with Gasteiger partial charge in [0, 0.05) is 66.6 Å². The predicted octanol–water partition coefficient (Wildman–Crippen LogP) is 6.49. The number of rotatable bonds is 5. The van der Waals surface area contributed by atoms with E-state index in [-0.39, 0.29) is 16.6 Å². The Morgan fingerprint density at radius 1 is 0.854 bits per heavy atom. The van der Waals surface area contributed by atoms with Crippen LogP contribution in [0, 0.1) is 17.5 Å². The Kier molecular flexibility index (Phi) is 7.41. The number of anilines is 1. The highest BCUT2D eigenvalue weighted by Crippen LogP contribution is 2.39. The van der Waals surface area contributed by atoms with Gasteiger partial charge < -0.3 is 9.64 Å². The van der Waals surface area contributed by atoms with Gasteiger partial charge in [0.1, 0.15) is 23.0 Å². The molecule has 0 amide bonds. The van der Waals surface area contributed by atoms with Crippen molar-refractivity contribution in [3.8, 4) is 11.3 Å². The Morgan fingerprint density at radius 3 is 2.15 bits per heavy atom. The lowest BCUT2D eigenvalue weighted by Gasteiger charge is -2.40. The lowest BCUT2D eigenvalue weighted by atomic mass is 10.0. The molecule has 2 saturated heterocycles. The van der Waals surface area contributed by atoms with Gasteiger partial charge in [0.15, 0.2) is 0 Å². The zero-order chi connectivity index (χ0) is 28.7. The standard InChI is InChI=1S/C30H28F6N4O/c31-20-16-26(32)24(27(33)17-20)18-40-29(23-2-1-3-25(28(23)37-40)30(34,35)36)19-4-6-21(7-5-19)38-10-8-22(9-11-38)39-12-14-41-15-13-39/h1-7,16-17,22H,8-15,18H2. The van der Waals surface area contributed by atoms with E-state index in [1.54, 1.807) is 12.1 Å². The highest BCUT2D eigenvalue weighted by atomic mass is 19.4. The number of halogens is 6. The molecule has 6 rings (SSSR count). The highest BCUT2D eigenvalue weighted by molar-refractivity contribution is 5.95. The minimum absolute atomic E-state index is 0.196. The average molecular weight is 575 g/mol. The van der Waals surface area contributed by atoms with Gasteiger partial charge >= 0.3 is 6.18 Å². The molecule has 0 unspecified atom stereocenters. The molecule has 5 nitrogen and oxygen atoms in total. The smallest absolute Gasteiger partial charge is 0.379 e. The quantitative estimate of drug-likeness (QED) is 0.255. The lowest BCUT2D eigenvalue weighted by molar-refractivity contribution is -0.136. The van der Waals surface area contributed by atoms with Crippen molar-refractivity contribution in [2.75, 3.05) is 44.3 Å². The molecule has 216 valence electrons. The minimum Gasteiger partial charge on any atom is -0.379 e. The molecule has 4 aromatic rings. The second-order valence-corrected chi connectivity index (χ2v) is 10.5. The summed E-state index contributed by atoms with van der Waals surface area (Å²) in [6.07, 6.45) is -2.64.